The molecule has 0 atom stereocenters. The van der Waals surface area contributed by atoms with Gasteiger partial charge in [-0.3, -0.25) is 4.79 Å². The molecule has 0 aromatic carbocycles. The third-order valence-corrected chi connectivity index (χ3v) is 4.81. The van der Waals surface area contributed by atoms with Crippen molar-refractivity contribution in [3.8, 4) is 0 Å². The minimum Gasteiger partial charge on any atom is -0.409 e. The molecule has 1 saturated carbocycles. The molecular formula is C10H12BrN3O2S. The third-order valence-electron chi connectivity index (χ3n) is 2.88. The number of halogens is 1. The van der Waals surface area contributed by atoms with E-state index >= 15 is 0 Å². The SMILES string of the molecule is N/C(=N/O)C1(C(=O)NCc2sccc2Br)CC1. The van der Waals surface area contributed by atoms with Gasteiger partial charge in [0, 0.05) is 9.35 Å². The average molecular weight is 318 g/mol. The molecule has 2 rings (SSSR count). The molecule has 1 heterocycles. The van der Waals surface area contributed by atoms with E-state index in [1.165, 1.54) is 0 Å². The average Bonchev–Trinajstić information content (AvgIpc) is 3.04. The maximum Gasteiger partial charge on any atom is 0.234 e. The largest absolute Gasteiger partial charge is 0.409 e. The number of thiophene rings is 1. The van der Waals surface area contributed by atoms with Crippen LogP contribution >= 0.6 is 27.3 Å². The van der Waals surface area contributed by atoms with Crippen LogP contribution in [-0.4, -0.2) is 17.0 Å². The van der Waals surface area contributed by atoms with Crippen LogP contribution in [0.2, 0.25) is 0 Å². The van der Waals surface area contributed by atoms with Crippen LogP contribution in [0.5, 0.6) is 0 Å². The van der Waals surface area contributed by atoms with Crippen molar-refractivity contribution < 1.29 is 10.0 Å². The Morgan fingerprint density at radius 3 is 2.88 bits per heavy atom. The molecule has 0 spiro atoms. The van der Waals surface area contributed by atoms with Crippen molar-refractivity contribution in [2.24, 2.45) is 16.3 Å². The second kappa shape index (κ2) is 4.66. The quantitative estimate of drug-likeness (QED) is 0.341. The van der Waals surface area contributed by atoms with Gasteiger partial charge in [0.15, 0.2) is 5.84 Å². The lowest BCUT2D eigenvalue weighted by Gasteiger charge is -2.13. The highest BCUT2D eigenvalue weighted by Gasteiger charge is 2.54. The van der Waals surface area contributed by atoms with Crippen molar-refractivity contribution in [2.75, 3.05) is 0 Å². The highest BCUT2D eigenvalue weighted by atomic mass is 79.9. The number of carbonyl (C=O) groups excluding carboxylic acids is 1. The van der Waals surface area contributed by atoms with Crippen LogP contribution in [0.15, 0.2) is 21.1 Å². The molecule has 0 saturated heterocycles. The molecule has 4 N–H and O–H groups in total. The topological polar surface area (TPSA) is 87.7 Å². The number of hydrogen-bond donors (Lipinski definition) is 3. The van der Waals surface area contributed by atoms with E-state index in [1.54, 1.807) is 11.3 Å². The number of carbonyl (C=O) groups is 1. The van der Waals surface area contributed by atoms with Gasteiger partial charge in [0.05, 0.1) is 6.54 Å². The first-order chi connectivity index (χ1) is 8.10. The monoisotopic (exact) mass is 317 g/mol. The van der Waals surface area contributed by atoms with E-state index in [0.29, 0.717) is 19.4 Å². The van der Waals surface area contributed by atoms with Gasteiger partial charge in [-0.1, -0.05) is 5.16 Å². The van der Waals surface area contributed by atoms with Gasteiger partial charge in [0.1, 0.15) is 5.41 Å². The highest BCUT2D eigenvalue weighted by Crippen LogP contribution is 2.46. The second-order valence-corrected chi connectivity index (χ2v) is 5.80. The normalized spacial score (nSPS) is 17.8. The molecule has 0 unspecified atom stereocenters. The molecule has 7 heteroatoms. The molecule has 5 nitrogen and oxygen atoms in total. The van der Waals surface area contributed by atoms with E-state index in [9.17, 15) is 4.79 Å². The van der Waals surface area contributed by atoms with E-state index in [2.05, 4.69) is 26.4 Å². The smallest absolute Gasteiger partial charge is 0.234 e. The Bertz CT molecular complexity index is 468. The van der Waals surface area contributed by atoms with E-state index in [0.717, 1.165) is 9.35 Å². The maximum atomic E-state index is 11.9. The number of rotatable bonds is 4. The van der Waals surface area contributed by atoms with Crippen LogP contribution in [0.1, 0.15) is 17.7 Å². The molecule has 1 fully saturated rings. The molecule has 0 aliphatic heterocycles. The zero-order valence-electron chi connectivity index (χ0n) is 8.94. The number of amidine groups is 1. The Kier molecular flexibility index (Phi) is 3.39. The Morgan fingerprint density at radius 1 is 1.71 bits per heavy atom. The van der Waals surface area contributed by atoms with Gasteiger partial charge in [-0.05, 0) is 40.2 Å². The summed E-state index contributed by atoms with van der Waals surface area (Å²) in [6, 6.07) is 1.93. The van der Waals surface area contributed by atoms with Gasteiger partial charge in [0.25, 0.3) is 0 Å². The van der Waals surface area contributed by atoms with Gasteiger partial charge in [-0.2, -0.15) is 0 Å². The number of nitrogens with two attached hydrogens (primary N) is 1. The summed E-state index contributed by atoms with van der Waals surface area (Å²) >= 11 is 4.96. The first-order valence-corrected chi connectivity index (χ1v) is 6.75. The van der Waals surface area contributed by atoms with Gasteiger partial charge in [-0.15, -0.1) is 11.3 Å². The predicted octanol–water partition coefficient (Wildman–Crippen LogP) is 1.65. The van der Waals surface area contributed by atoms with Crippen LogP contribution < -0.4 is 11.1 Å². The Labute approximate surface area is 111 Å². The number of nitrogens with zero attached hydrogens (tertiary/aromatic N) is 1. The number of nitrogens with one attached hydrogen (secondary N) is 1. The Hall–Kier alpha value is -1.08. The lowest BCUT2D eigenvalue weighted by atomic mass is 10.1. The van der Waals surface area contributed by atoms with E-state index < -0.39 is 5.41 Å². The summed E-state index contributed by atoms with van der Waals surface area (Å²) in [5, 5.41) is 16.3. The molecule has 0 bridgehead atoms. The van der Waals surface area contributed by atoms with Gasteiger partial charge < -0.3 is 16.3 Å². The summed E-state index contributed by atoms with van der Waals surface area (Å²) in [7, 11) is 0. The van der Waals surface area contributed by atoms with E-state index in [4.69, 9.17) is 10.9 Å². The summed E-state index contributed by atoms with van der Waals surface area (Å²) in [5.74, 6) is -0.173. The van der Waals surface area contributed by atoms with Crippen LogP contribution in [0.3, 0.4) is 0 Å². The standard InChI is InChI=1S/C10H12BrN3O2S/c11-6-1-4-17-7(6)5-13-9(15)10(2-3-10)8(12)14-16/h1,4,16H,2-3,5H2,(H2,12,14)(H,13,15). The van der Waals surface area contributed by atoms with Crippen molar-refractivity contribution >= 4 is 39.0 Å². The lowest BCUT2D eigenvalue weighted by Crippen LogP contribution is -2.40. The number of hydrogen-bond acceptors (Lipinski definition) is 4. The van der Waals surface area contributed by atoms with E-state index in [1.807, 2.05) is 11.4 Å². The fourth-order valence-electron chi connectivity index (χ4n) is 1.60. The minimum absolute atomic E-state index is 0.000227. The van der Waals surface area contributed by atoms with Crippen molar-refractivity contribution in [2.45, 2.75) is 19.4 Å². The number of amides is 1. The molecule has 1 aliphatic rings. The molecule has 1 amide bonds. The fourth-order valence-corrected chi connectivity index (χ4v) is 3.03. The maximum absolute atomic E-state index is 11.9. The molecule has 1 aliphatic carbocycles. The first kappa shape index (κ1) is 12.4. The summed E-state index contributed by atoms with van der Waals surface area (Å²) in [5.41, 5.74) is 4.75. The summed E-state index contributed by atoms with van der Waals surface area (Å²) in [4.78, 5) is 13.0. The molecular weight excluding hydrogens is 306 g/mol. The molecule has 1 aromatic heterocycles. The van der Waals surface area contributed by atoms with Crippen LogP contribution in [-0.2, 0) is 11.3 Å². The zero-order chi connectivity index (χ0) is 12.5. The zero-order valence-corrected chi connectivity index (χ0v) is 11.3. The Morgan fingerprint density at radius 2 is 2.41 bits per heavy atom. The van der Waals surface area contributed by atoms with Crippen LogP contribution in [0.25, 0.3) is 0 Å². The summed E-state index contributed by atoms with van der Waals surface area (Å²) in [6.07, 6.45) is 1.28. The van der Waals surface area contributed by atoms with Crippen LogP contribution in [0, 0.1) is 5.41 Å². The van der Waals surface area contributed by atoms with Crippen molar-refractivity contribution in [1.82, 2.24) is 5.32 Å². The van der Waals surface area contributed by atoms with E-state index in [-0.39, 0.29) is 11.7 Å². The van der Waals surface area contributed by atoms with Crippen molar-refractivity contribution in [1.29, 1.82) is 0 Å². The number of oxime groups is 1. The van der Waals surface area contributed by atoms with Crippen molar-refractivity contribution in [3.63, 3.8) is 0 Å². The molecule has 0 radical (unpaired) electrons. The lowest BCUT2D eigenvalue weighted by molar-refractivity contribution is -0.124. The van der Waals surface area contributed by atoms with Gasteiger partial charge in [0.2, 0.25) is 5.91 Å². The first-order valence-electron chi connectivity index (χ1n) is 5.08. The molecule has 92 valence electrons. The van der Waals surface area contributed by atoms with Crippen LogP contribution in [0.4, 0.5) is 0 Å². The van der Waals surface area contributed by atoms with Crippen molar-refractivity contribution in [3.05, 3.63) is 20.8 Å². The minimum atomic E-state index is -0.779. The summed E-state index contributed by atoms with van der Waals surface area (Å²) in [6.45, 7) is 0.456. The second-order valence-electron chi connectivity index (χ2n) is 3.94. The van der Waals surface area contributed by atoms with Gasteiger partial charge >= 0.3 is 0 Å². The fraction of sp³-hybridized carbons (Fsp3) is 0.400. The van der Waals surface area contributed by atoms with Gasteiger partial charge in [-0.25, -0.2) is 0 Å². The Balaban J connectivity index is 1.97. The molecule has 1 aromatic rings. The summed E-state index contributed by atoms with van der Waals surface area (Å²) < 4.78 is 0.983. The predicted molar refractivity (Wildman–Crippen MR) is 68.9 cm³/mol. The highest BCUT2D eigenvalue weighted by molar-refractivity contribution is 9.10. The third kappa shape index (κ3) is 2.30. The molecule has 17 heavy (non-hydrogen) atoms.